The Hall–Kier alpha value is -2.96. The Bertz CT molecular complexity index is 818. The number of nitrogens with one attached hydrogen (secondary N) is 2. The van der Waals surface area contributed by atoms with Crippen molar-refractivity contribution in [3.8, 4) is 0 Å². The van der Waals surface area contributed by atoms with E-state index in [9.17, 15) is 4.79 Å². The fraction of sp³-hybridized carbons (Fsp3) is 0.294. The van der Waals surface area contributed by atoms with Crippen molar-refractivity contribution in [3.05, 3.63) is 47.9 Å². The zero-order chi connectivity index (χ0) is 16.4. The van der Waals surface area contributed by atoms with Gasteiger partial charge in [-0.25, -0.2) is 4.98 Å². The third-order valence-corrected chi connectivity index (χ3v) is 4.17. The second-order valence-corrected chi connectivity index (χ2v) is 5.85. The van der Waals surface area contributed by atoms with Crippen molar-refractivity contribution < 1.29 is 4.79 Å². The molecule has 1 saturated heterocycles. The average molecular weight is 322 g/mol. The summed E-state index contributed by atoms with van der Waals surface area (Å²) >= 11 is 0. The first-order valence-electron chi connectivity index (χ1n) is 8.10. The molecule has 0 saturated carbocycles. The van der Waals surface area contributed by atoms with Gasteiger partial charge in [0.05, 0.1) is 17.6 Å². The van der Waals surface area contributed by atoms with E-state index in [0.717, 1.165) is 29.9 Å². The molecule has 1 aliphatic rings. The number of para-hydroxylation sites is 2. The second kappa shape index (κ2) is 6.27. The van der Waals surface area contributed by atoms with Gasteiger partial charge in [0.1, 0.15) is 5.82 Å². The van der Waals surface area contributed by atoms with Crippen molar-refractivity contribution in [1.29, 1.82) is 0 Å². The summed E-state index contributed by atoms with van der Waals surface area (Å²) in [6.07, 6.45) is 2.36. The Balaban J connectivity index is 1.40. The van der Waals surface area contributed by atoms with Gasteiger partial charge in [0, 0.05) is 13.1 Å². The molecule has 0 spiro atoms. The first-order chi connectivity index (χ1) is 11.8. The highest BCUT2D eigenvalue weighted by Gasteiger charge is 2.15. The highest BCUT2D eigenvalue weighted by Crippen LogP contribution is 2.16. The van der Waals surface area contributed by atoms with Gasteiger partial charge >= 0.3 is 0 Å². The zero-order valence-corrected chi connectivity index (χ0v) is 13.2. The predicted molar refractivity (Wildman–Crippen MR) is 90.7 cm³/mol. The molecular weight excluding hydrogens is 304 g/mol. The van der Waals surface area contributed by atoms with E-state index in [4.69, 9.17) is 0 Å². The maximum atomic E-state index is 12.2. The van der Waals surface area contributed by atoms with Gasteiger partial charge in [-0.2, -0.15) is 0 Å². The summed E-state index contributed by atoms with van der Waals surface area (Å²) < 4.78 is 0. The normalized spacial score (nSPS) is 14.2. The van der Waals surface area contributed by atoms with Crippen LogP contribution in [0.25, 0.3) is 11.0 Å². The molecule has 0 aliphatic carbocycles. The quantitative estimate of drug-likeness (QED) is 0.766. The SMILES string of the molecule is O=C(NCc1nc2ccccc2[nH]1)c1ccc(N2CCCC2)nn1. The van der Waals surface area contributed by atoms with Crippen LogP contribution in [0.4, 0.5) is 5.82 Å². The predicted octanol–water partition coefficient (Wildman–Crippen LogP) is 1.88. The van der Waals surface area contributed by atoms with E-state index in [1.165, 1.54) is 12.8 Å². The van der Waals surface area contributed by atoms with Gasteiger partial charge < -0.3 is 15.2 Å². The number of carbonyl (C=O) groups is 1. The van der Waals surface area contributed by atoms with Gasteiger partial charge in [0.2, 0.25) is 0 Å². The fourth-order valence-electron chi connectivity index (χ4n) is 2.91. The van der Waals surface area contributed by atoms with E-state index >= 15 is 0 Å². The molecule has 24 heavy (non-hydrogen) atoms. The number of imidazole rings is 1. The first-order valence-corrected chi connectivity index (χ1v) is 8.10. The number of benzene rings is 1. The van der Waals surface area contributed by atoms with Gasteiger partial charge in [0.15, 0.2) is 11.5 Å². The topological polar surface area (TPSA) is 86.8 Å². The highest BCUT2D eigenvalue weighted by atomic mass is 16.1. The number of H-pyrrole nitrogens is 1. The lowest BCUT2D eigenvalue weighted by molar-refractivity contribution is 0.0944. The number of nitrogens with zero attached hydrogens (tertiary/aromatic N) is 4. The van der Waals surface area contributed by atoms with Crippen molar-refractivity contribution in [2.45, 2.75) is 19.4 Å². The van der Waals surface area contributed by atoms with Crippen molar-refractivity contribution in [2.24, 2.45) is 0 Å². The summed E-state index contributed by atoms with van der Waals surface area (Å²) in [7, 11) is 0. The molecule has 2 N–H and O–H groups in total. The molecular formula is C17H18N6O. The van der Waals surface area contributed by atoms with E-state index in [1.807, 2.05) is 30.3 Å². The minimum Gasteiger partial charge on any atom is -0.355 e. The van der Waals surface area contributed by atoms with E-state index in [0.29, 0.717) is 18.1 Å². The molecule has 1 amide bonds. The van der Waals surface area contributed by atoms with Crippen LogP contribution in [0.5, 0.6) is 0 Å². The monoisotopic (exact) mass is 322 g/mol. The van der Waals surface area contributed by atoms with Crippen molar-refractivity contribution in [2.75, 3.05) is 18.0 Å². The van der Waals surface area contributed by atoms with Crippen LogP contribution >= 0.6 is 0 Å². The smallest absolute Gasteiger partial charge is 0.272 e. The minimum atomic E-state index is -0.254. The summed E-state index contributed by atoms with van der Waals surface area (Å²) in [5.41, 5.74) is 2.15. The Labute approximate surface area is 139 Å². The lowest BCUT2D eigenvalue weighted by Gasteiger charge is -2.15. The molecule has 1 aliphatic heterocycles. The maximum Gasteiger partial charge on any atom is 0.272 e. The van der Waals surface area contributed by atoms with Crippen molar-refractivity contribution in [3.63, 3.8) is 0 Å². The zero-order valence-electron chi connectivity index (χ0n) is 13.2. The molecule has 0 radical (unpaired) electrons. The van der Waals surface area contributed by atoms with Gasteiger partial charge in [-0.3, -0.25) is 4.79 Å². The van der Waals surface area contributed by atoms with E-state index in [1.54, 1.807) is 6.07 Å². The molecule has 3 aromatic rings. The van der Waals surface area contributed by atoms with Crippen molar-refractivity contribution in [1.82, 2.24) is 25.5 Å². The van der Waals surface area contributed by atoms with Crippen LogP contribution in [0.2, 0.25) is 0 Å². The van der Waals surface area contributed by atoms with E-state index < -0.39 is 0 Å². The number of carbonyl (C=O) groups excluding carboxylic acids is 1. The molecule has 0 unspecified atom stereocenters. The number of hydrogen-bond acceptors (Lipinski definition) is 5. The first kappa shape index (κ1) is 14.6. The van der Waals surface area contributed by atoms with Gasteiger partial charge in [0.25, 0.3) is 5.91 Å². The van der Waals surface area contributed by atoms with Crippen molar-refractivity contribution >= 4 is 22.8 Å². The maximum absolute atomic E-state index is 12.2. The molecule has 7 heteroatoms. The Morgan fingerprint density at radius 3 is 2.71 bits per heavy atom. The summed E-state index contributed by atoms with van der Waals surface area (Å²) in [6, 6.07) is 11.3. The minimum absolute atomic E-state index is 0.254. The number of fused-ring (bicyclic) bond motifs is 1. The summed E-state index contributed by atoms with van der Waals surface area (Å²) in [5.74, 6) is 1.29. The van der Waals surface area contributed by atoms with Crippen LogP contribution in [0.15, 0.2) is 36.4 Å². The Morgan fingerprint density at radius 1 is 1.12 bits per heavy atom. The third-order valence-electron chi connectivity index (χ3n) is 4.17. The number of amides is 1. The highest BCUT2D eigenvalue weighted by molar-refractivity contribution is 5.92. The molecule has 1 fully saturated rings. The molecule has 7 nitrogen and oxygen atoms in total. The molecule has 3 heterocycles. The van der Waals surface area contributed by atoms with Gasteiger partial charge in [-0.1, -0.05) is 12.1 Å². The van der Waals surface area contributed by atoms with Crippen LogP contribution in [0.3, 0.4) is 0 Å². The number of aromatic amines is 1. The van der Waals surface area contributed by atoms with Crippen LogP contribution in [-0.4, -0.2) is 39.2 Å². The standard InChI is InChI=1S/C17H18N6O/c24-17(14-7-8-16(22-21-14)23-9-3-4-10-23)18-11-15-19-12-5-1-2-6-13(12)20-15/h1-2,5-8H,3-4,9-11H2,(H,18,24)(H,19,20). The number of rotatable bonds is 4. The van der Waals surface area contributed by atoms with Crippen LogP contribution in [0.1, 0.15) is 29.2 Å². The van der Waals surface area contributed by atoms with Crippen LogP contribution in [-0.2, 0) is 6.54 Å². The second-order valence-electron chi connectivity index (χ2n) is 5.85. The van der Waals surface area contributed by atoms with E-state index in [-0.39, 0.29) is 5.91 Å². The molecule has 4 rings (SSSR count). The average Bonchev–Trinajstić information content (AvgIpc) is 3.29. The van der Waals surface area contributed by atoms with Gasteiger partial charge in [-0.15, -0.1) is 10.2 Å². The fourth-order valence-corrected chi connectivity index (χ4v) is 2.91. The number of aromatic nitrogens is 4. The van der Waals surface area contributed by atoms with Gasteiger partial charge in [-0.05, 0) is 37.1 Å². The third kappa shape index (κ3) is 2.92. The number of anilines is 1. The Morgan fingerprint density at radius 2 is 1.96 bits per heavy atom. The number of hydrogen-bond donors (Lipinski definition) is 2. The lowest BCUT2D eigenvalue weighted by atomic mass is 10.3. The molecule has 0 bridgehead atoms. The molecule has 2 aromatic heterocycles. The molecule has 0 atom stereocenters. The summed E-state index contributed by atoms with van der Waals surface area (Å²) in [5, 5.41) is 11.0. The summed E-state index contributed by atoms with van der Waals surface area (Å²) in [6.45, 7) is 2.33. The van der Waals surface area contributed by atoms with Crippen LogP contribution in [0, 0.1) is 0 Å². The molecule has 122 valence electrons. The van der Waals surface area contributed by atoms with E-state index in [2.05, 4.69) is 30.4 Å². The lowest BCUT2D eigenvalue weighted by Crippen LogP contribution is -2.25. The Kier molecular flexibility index (Phi) is 3.82. The molecule has 1 aromatic carbocycles. The summed E-state index contributed by atoms with van der Waals surface area (Å²) in [4.78, 5) is 22.0. The largest absolute Gasteiger partial charge is 0.355 e. The van der Waals surface area contributed by atoms with Crippen LogP contribution < -0.4 is 10.2 Å².